The Morgan fingerprint density at radius 3 is 2.95 bits per heavy atom. The van der Waals surface area contributed by atoms with Crippen LogP contribution in [0.5, 0.6) is 0 Å². The van der Waals surface area contributed by atoms with Gasteiger partial charge < -0.3 is 16.2 Å². The van der Waals surface area contributed by atoms with Gasteiger partial charge in [-0.1, -0.05) is 6.07 Å². The summed E-state index contributed by atoms with van der Waals surface area (Å²) in [4.78, 5) is 12.0. The van der Waals surface area contributed by atoms with Gasteiger partial charge in [-0.2, -0.15) is 11.3 Å². The van der Waals surface area contributed by atoms with E-state index in [4.69, 9.17) is 5.73 Å². The summed E-state index contributed by atoms with van der Waals surface area (Å²) in [6, 6.07) is 7.06. The number of nitrogens with two attached hydrogens (primary N) is 1. The lowest BCUT2D eigenvalue weighted by Gasteiger charge is -2.12. The SMILES string of the molecule is Cc1c(N)cccc1C(=O)NCC(O)c1ccsc1. The van der Waals surface area contributed by atoms with Gasteiger partial charge in [0.15, 0.2) is 0 Å². The van der Waals surface area contributed by atoms with Crippen molar-refractivity contribution in [2.75, 3.05) is 12.3 Å². The van der Waals surface area contributed by atoms with Crippen molar-refractivity contribution in [3.05, 3.63) is 51.7 Å². The molecule has 0 spiro atoms. The Hall–Kier alpha value is -1.85. The Morgan fingerprint density at radius 2 is 2.26 bits per heavy atom. The number of thiophene rings is 1. The average molecular weight is 276 g/mol. The molecule has 1 atom stereocenters. The molecule has 0 aliphatic carbocycles. The van der Waals surface area contributed by atoms with E-state index >= 15 is 0 Å². The molecule has 1 aromatic carbocycles. The standard InChI is InChI=1S/C14H16N2O2S/c1-9-11(3-2-4-12(9)15)14(18)16-7-13(17)10-5-6-19-8-10/h2-6,8,13,17H,7,15H2,1H3,(H,16,18). The van der Waals surface area contributed by atoms with Gasteiger partial charge >= 0.3 is 0 Å². The number of aliphatic hydroxyl groups is 1. The van der Waals surface area contributed by atoms with Gasteiger partial charge in [-0.3, -0.25) is 4.79 Å². The molecule has 1 aromatic heterocycles. The van der Waals surface area contributed by atoms with E-state index in [-0.39, 0.29) is 12.5 Å². The van der Waals surface area contributed by atoms with Crippen LogP contribution in [0.4, 0.5) is 5.69 Å². The molecule has 0 aliphatic heterocycles. The maximum absolute atomic E-state index is 12.0. The fourth-order valence-electron chi connectivity index (χ4n) is 1.77. The number of aliphatic hydroxyl groups excluding tert-OH is 1. The summed E-state index contributed by atoms with van der Waals surface area (Å²) in [6.45, 7) is 1.99. The van der Waals surface area contributed by atoms with Crippen molar-refractivity contribution in [3.63, 3.8) is 0 Å². The molecule has 0 saturated carbocycles. The molecule has 4 nitrogen and oxygen atoms in total. The molecule has 0 aliphatic rings. The molecule has 2 rings (SSSR count). The van der Waals surface area contributed by atoms with Gasteiger partial charge in [-0.25, -0.2) is 0 Å². The summed E-state index contributed by atoms with van der Waals surface area (Å²) in [6.07, 6.45) is -0.684. The van der Waals surface area contributed by atoms with Crippen molar-refractivity contribution >= 4 is 22.9 Å². The van der Waals surface area contributed by atoms with Gasteiger partial charge in [0.05, 0.1) is 6.10 Å². The topological polar surface area (TPSA) is 75.4 Å². The van der Waals surface area contributed by atoms with E-state index in [0.29, 0.717) is 11.3 Å². The van der Waals surface area contributed by atoms with Gasteiger partial charge in [0.1, 0.15) is 0 Å². The molecule has 19 heavy (non-hydrogen) atoms. The number of hydrogen-bond donors (Lipinski definition) is 3. The first kappa shape index (κ1) is 13.6. The molecule has 0 saturated heterocycles. The summed E-state index contributed by atoms with van der Waals surface area (Å²) in [5.74, 6) is -0.223. The highest BCUT2D eigenvalue weighted by molar-refractivity contribution is 7.07. The summed E-state index contributed by atoms with van der Waals surface area (Å²) in [5.41, 5.74) is 8.46. The molecule has 1 heterocycles. The first-order valence-corrected chi connectivity index (χ1v) is 6.87. The summed E-state index contributed by atoms with van der Waals surface area (Å²) >= 11 is 1.51. The van der Waals surface area contributed by atoms with Crippen LogP contribution in [0, 0.1) is 6.92 Å². The molecular formula is C14H16N2O2S. The third-order valence-corrected chi connectivity index (χ3v) is 3.71. The average Bonchev–Trinajstić information content (AvgIpc) is 2.93. The van der Waals surface area contributed by atoms with E-state index in [1.54, 1.807) is 25.1 Å². The molecule has 0 fully saturated rings. The lowest BCUT2D eigenvalue weighted by atomic mass is 10.1. The molecule has 1 unspecified atom stereocenters. The van der Waals surface area contributed by atoms with Crippen molar-refractivity contribution < 1.29 is 9.90 Å². The van der Waals surface area contributed by atoms with Crippen LogP contribution >= 0.6 is 11.3 Å². The van der Waals surface area contributed by atoms with Crippen LogP contribution in [0.25, 0.3) is 0 Å². The number of anilines is 1. The molecule has 100 valence electrons. The van der Waals surface area contributed by atoms with Crippen LogP contribution in [0.3, 0.4) is 0 Å². The second kappa shape index (κ2) is 5.86. The Bertz CT molecular complexity index is 567. The van der Waals surface area contributed by atoms with Crippen molar-refractivity contribution in [1.29, 1.82) is 0 Å². The molecular weight excluding hydrogens is 260 g/mol. The molecule has 1 amide bonds. The van der Waals surface area contributed by atoms with E-state index < -0.39 is 6.10 Å². The Labute approximate surface area is 115 Å². The minimum absolute atomic E-state index is 0.184. The summed E-state index contributed by atoms with van der Waals surface area (Å²) < 4.78 is 0. The van der Waals surface area contributed by atoms with Crippen molar-refractivity contribution in [2.24, 2.45) is 0 Å². The molecule has 4 N–H and O–H groups in total. The zero-order valence-corrected chi connectivity index (χ0v) is 11.4. The minimum Gasteiger partial charge on any atom is -0.398 e. The molecule has 2 aromatic rings. The number of rotatable bonds is 4. The third-order valence-electron chi connectivity index (χ3n) is 3.00. The van der Waals surface area contributed by atoms with Crippen molar-refractivity contribution in [2.45, 2.75) is 13.0 Å². The maximum Gasteiger partial charge on any atom is 0.251 e. The molecule has 5 heteroatoms. The van der Waals surface area contributed by atoms with Crippen LogP contribution in [-0.4, -0.2) is 17.6 Å². The van der Waals surface area contributed by atoms with Gasteiger partial charge in [0.2, 0.25) is 0 Å². The number of nitrogen functional groups attached to an aromatic ring is 1. The normalized spacial score (nSPS) is 12.1. The van der Waals surface area contributed by atoms with Gasteiger partial charge in [0, 0.05) is 17.8 Å². The van der Waals surface area contributed by atoms with Crippen molar-refractivity contribution in [3.8, 4) is 0 Å². The van der Waals surface area contributed by atoms with Crippen LogP contribution in [0.15, 0.2) is 35.0 Å². The van der Waals surface area contributed by atoms with E-state index in [1.807, 2.05) is 16.8 Å². The Balaban J connectivity index is 2.00. The van der Waals surface area contributed by atoms with Gasteiger partial charge in [0.25, 0.3) is 5.91 Å². The van der Waals surface area contributed by atoms with E-state index in [1.165, 1.54) is 11.3 Å². The number of hydrogen-bond acceptors (Lipinski definition) is 4. The van der Waals surface area contributed by atoms with Crippen LogP contribution < -0.4 is 11.1 Å². The fraction of sp³-hybridized carbons (Fsp3) is 0.214. The van der Waals surface area contributed by atoms with Gasteiger partial charge in [-0.15, -0.1) is 0 Å². The van der Waals surface area contributed by atoms with E-state index in [0.717, 1.165) is 11.1 Å². The smallest absolute Gasteiger partial charge is 0.251 e. The quantitative estimate of drug-likeness (QED) is 0.749. The number of carbonyl (C=O) groups excluding carboxylic acids is 1. The Kier molecular flexibility index (Phi) is 4.19. The fourth-order valence-corrected chi connectivity index (χ4v) is 2.47. The molecule has 0 bridgehead atoms. The maximum atomic E-state index is 12.0. The summed E-state index contributed by atoms with van der Waals surface area (Å²) in [5, 5.41) is 16.4. The first-order valence-electron chi connectivity index (χ1n) is 5.93. The number of carbonyl (C=O) groups is 1. The third kappa shape index (κ3) is 3.13. The zero-order chi connectivity index (χ0) is 13.8. The lowest BCUT2D eigenvalue weighted by molar-refractivity contribution is 0.0916. The van der Waals surface area contributed by atoms with Crippen LogP contribution in [0.2, 0.25) is 0 Å². The van der Waals surface area contributed by atoms with Crippen LogP contribution in [0.1, 0.15) is 27.6 Å². The minimum atomic E-state index is -0.684. The highest BCUT2D eigenvalue weighted by Gasteiger charge is 2.13. The summed E-state index contributed by atoms with van der Waals surface area (Å²) in [7, 11) is 0. The van der Waals surface area contributed by atoms with Crippen molar-refractivity contribution in [1.82, 2.24) is 5.32 Å². The predicted molar refractivity (Wildman–Crippen MR) is 77.2 cm³/mol. The highest BCUT2D eigenvalue weighted by Crippen LogP contribution is 2.17. The largest absolute Gasteiger partial charge is 0.398 e. The second-order valence-corrected chi connectivity index (χ2v) is 5.08. The predicted octanol–water partition coefficient (Wildman–Crippen LogP) is 2.10. The second-order valence-electron chi connectivity index (χ2n) is 4.30. The number of nitrogens with one attached hydrogen (secondary N) is 1. The zero-order valence-electron chi connectivity index (χ0n) is 10.6. The molecule has 0 radical (unpaired) electrons. The number of amides is 1. The lowest BCUT2D eigenvalue weighted by Crippen LogP contribution is -2.28. The number of benzene rings is 1. The Morgan fingerprint density at radius 1 is 1.47 bits per heavy atom. The van der Waals surface area contributed by atoms with Crippen LogP contribution in [-0.2, 0) is 0 Å². The first-order chi connectivity index (χ1) is 9.09. The monoisotopic (exact) mass is 276 g/mol. The van der Waals surface area contributed by atoms with Gasteiger partial charge in [-0.05, 0) is 47.0 Å². The highest BCUT2D eigenvalue weighted by atomic mass is 32.1. The van der Waals surface area contributed by atoms with E-state index in [2.05, 4.69) is 5.32 Å². The van der Waals surface area contributed by atoms with E-state index in [9.17, 15) is 9.90 Å².